The van der Waals surface area contributed by atoms with Crippen molar-refractivity contribution in [1.29, 1.82) is 0 Å². The summed E-state index contributed by atoms with van der Waals surface area (Å²) < 4.78 is 28.3. The molecule has 6 nitrogen and oxygen atoms in total. The summed E-state index contributed by atoms with van der Waals surface area (Å²) in [5.41, 5.74) is 0.385. The van der Waals surface area contributed by atoms with Gasteiger partial charge in [0.1, 0.15) is 11.6 Å². The molecule has 0 atom stereocenters. The maximum absolute atomic E-state index is 13.8. The van der Waals surface area contributed by atoms with Gasteiger partial charge < -0.3 is 10.6 Å². The summed E-state index contributed by atoms with van der Waals surface area (Å²) in [4.78, 5) is 29.1. The van der Waals surface area contributed by atoms with E-state index < -0.39 is 17.5 Å². The fourth-order valence-corrected chi connectivity index (χ4v) is 2.60. The predicted molar refractivity (Wildman–Crippen MR) is 96.7 cm³/mol. The fourth-order valence-electron chi connectivity index (χ4n) is 2.60. The summed E-state index contributed by atoms with van der Waals surface area (Å²) in [5, 5.41) is 5.12. The van der Waals surface area contributed by atoms with Crippen molar-refractivity contribution in [2.75, 3.05) is 11.9 Å². The number of nitrogens with zero attached hydrogens (tertiary/aromatic N) is 2. The second-order valence-electron chi connectivity index (χ2n) is 5.93. The van der Waals surface area contributed by atoms with Gasteiger partial charge in [0.2, 0.25) is 5.82 Å². The van der Waals surface area contributed by atoms with Crippen LogP contribution in [0.1, 0.15) is 40.9 Å². The highest BCUT2D eigenvalue weighted by Gasteiger charge is 2.22. The Morgan fingerprint density at radius 3 is 2.70 bits per heavy atom. The van der Waals surface area contributed by atoms with Crippen molar-refractivity contribution in [2.45, 2.75) is 19.8 Å². The fraction of sp³-hybridized carbons (Fsp3) is 0.211. The van der Waals surface area contributed by atoms with E-state index in [2.05, 4.69) is 15.6 Å². The van der Waals surface area contributed by atoms with E-state index in [1.165, 1.54) is 4.40 Å². The summed E-state index contributed by atoms with van der Waals surface area (Å²) in [7, 11) is 0. The van der Waals surface area contributed by atoms with Gasteiger partial charge in [0.15, 0.2) is 5.69 Å². The van der Waals surface area contributed by atoms with Crippen LogP contribution in [-0.4, -0.2) is 27.7 Å². The SMILES string of the molecule is CCCCNC(=O)c1nc(C(=O)Nc2ccc(F)cc2F)n2ccccc12. The molecule has 8 heteroatoms. The molecule has 0 aliphatic carbocycles. The van der Waals surface area contributed by atoms with Crippen LogP contribution in [0.4, 0.5) is 14.5 Å². The lowest BCUT2D eigenvalue weighted by Gasteiger charge is -2.05. The third-order valence-corrected chi connectivity index (χ3v) is 3.96. The number of anilines is 1. The summed E-state index contributed by atoms with van der Waals surface area (Å²) in [5.74, 6) is -2.83. The zero-order valence-electron chi connectivity index (χ0n) is 14.6. The number of nitrogens with one attached hydrogen (secondary N) is 2. The zero-order chi connectivity index (χ0) is 19.4. The van der Waals surface area contributed by atoms with Crippen LogP contribution in [0.25, 0.3) is 5.52 Å². The molecular weight excluding hydrogens is 354 g/mol. The molecule has 0 aliphatic rings. The number of pyridine rings is 1. The molecule has 0 bridgehead atoms. The van der Waals surface area contributed by atoms with Crippen molar-refractivity contribution >= 4 is 23.0 Å². The average Bonchev–Trinajstić information content (AvgIpc) is 3.04. The molecule has 0 unspecified atom stereocenters. The molecule has 2 aromatic heterocycles. The van der Waals surface area contributed by atoms with Crippen LogP contribution in [0.2, 0.25) is 0 Å². The van der Waals surface area contributed by atoms with Crippen LogP contribution in [0, 0.1) is 11.6 Å². The smallest absolute Gasteiger partial charge is 0.292 e. The first-order chi connectivity index (χ1) is 13.0. The van der Waals surface area contributed by atoms with Crippen LogP contribution in [0.15, 0.2) is 42.6 Å². The summed E-state index contributed by atoms with van der Waals surface area (Å²) >= 11 is 0. The monoisotopic (exact) mass is 372 g/mol. The molecule has 3 rings (SSSR count). The van der Waals surface area contributed by atoms with Gasteiger partial charge in [-0.1, -0.05) is 19.4 Å². The van der Waals surface area contributed by atoms with Crippen molar-refractivity contribution in [3.05, 3.63) is 65.7 Å². The average molecular weight is 372 g/mol. The highest BCUT2D eigenvalue weighted by molar-refractivity contribution is 6.06. The molecular formula is C19H18F2N4O2. The lowest BCUT2D eigenvalue weighted by molar-refractivity contribution is 0.0950. The molecule has 0 saturated carbocycles. The van der Waals surface area contributed by atoms with E-state index in [-0.39, 0.29) is 23.1 Å². The highest BCUT2D eigenvalue weighted by Crippen LogP contribution is 2.18. The van der Waals surface area contributed by atoms with E-state index in [4.69, 9.17) is 0 Å². The lowest BCUT2D eigenvalue weighted by Crippen LogP contribution is -2.25. The first-order valence-corrected chi connectivity index (χ1v) is 8.53. The number of halogens is 2. The second kappa shape index (κ2) is 7.94. The molecule has 0 spiro atoms. The molecule has 2 heterocycles. The number of aromatic nitrogens is 2. The van der Waals surface area contributed by atoms with E-state index in [0.29, 0.717) is 18.1 Å². The van der Waals surface area contributed by atoms with E-state index in [9.17, 15) is 18.4 Å². The number of benzene rings is 1. The quantitative estimate of drug-likeness (QED) is 0.651. The van der Waals surface area contributed by atoms with Crippen LogP contribution in [-0.2, 0) is 0 Å². The topological polar surface area (TPSA) is 75.5 Å². The molecule has 2 N–H and O–H groups in total. The van der Waals surface area contributed by atoms with Gasteiger partial charge in [0.05, 0.1) is 11.2 Å². The van der Waals surface area contributed by atoms with Crippen molar-refractivity contribution in [2.24, 2.45) is 0 Å². The molecule has 0 radical (unpaired) electrons. The van der Waals surface area contributed by atoms with Gasteiger partial charge in [-0.3, -0.25) is 14.0 Å². The molecule has 1 aromatic carbocycles. The number of rotatable bonds is 6. The number of amides is 2. The number of hydrogen-bond acceptors (Lipinski definition) is 3. The maximum Gasteiger partial charge on any atom is 0.292 e. The number of fused-ring (bicyclic) bond motifs is 1. The first kappa shape index (κ1) is 18.5. The molecule has 0 fully saturated rings. The van der Waals surface area contributed by atoms with E-state index in [1.54, 1.807) is 24.4 Å². The highest BCUT2D eigenvalue weighted by atomic mass is 19.1. The predicted octanol–water partition coefficient (Wildman–Crippen LogP) is 3.39. The Labute approximate surface area is 154 Å². The Morgan fingerprint density at radius 1 is 1.15 bits per heavy atom. The minimum absolute atomic E-state index is 0.0741. The molecule has 140 valence electrons. The molecule has 2 amide bonds. The third-order valence-electron chi connectivity index (χ3n) is 3.96. The van der Waals surface area contributed by atoms with Gasteiger partial charge in [0.25, 0.3) is 11.8 Å². The van der Waals surface area contributed by atoms with Crippen LogP contribution in [0.5, 0.6) is 0 Å². The molecule has 0 saturated heterocycles. The number of unbranched alkanes of at least 4 members (excludes halogenated alkanes) is 1. The van der Waals surface area contributed by atoms with Crippen molar-refractivity contribution in [1.82, 2.24) is 14.7 Å². The standard InChI is InChI=1S/C19H18F2N4O2/c1-2-3-9-22-18(26)16-15-6-4-5-10-25(15)17(24-16)19(27)23-14-8-7-12(20)11-13(14)21/h4-8,10-11H,2-3,9H2,1H3,(H,22,26)(H,23,27). The van der Waals surface area contributed by atoms with Crippen LogP contribution in [0.3, 0.4) is 0 Å². The largest absolute Gasteiger partial charge is 0.351 e. The van der Waals surface area contributed by atoms with E-state index in [1.807, 2.05) is 6.92 Å². The van der Waals surface area contributed by atoms with E-state index in [0.717, 1.165) is 25.0 Å². The first-order valence-electron chi connectivity index (χ1n) is 8.53. The van der Waals surface area contributed by atoms with Gasteiger partial charge in [-0.25, -0.2) is 13.8 Å². The summed E-state index contributed by atoms with van der Waals surface area (Å²) in [6.07, 6.45) is 3.34. The number of hydrogen-bond donors (Lipinski definition) is 2. The molecule has 27 heavy (non-hydrogen) atoms. The number of carbonyl (C=O) groups excluding carboxylic acids is 2. The molecule has 3 aromatic rings. The van der Waals surface area contributed by atoms with E-state index >= 15 is 0 Å². The Morgan fingerprint density at radius 2 is 1.96 bits per heavy atom. The van der Waals surface area contributed by atoms with Crippen molar-refractivity contribution < 1.29 is 18.4 Å². The summed E-state index contributed by atoms with van der Waals surface area (Å²) in [6, 6.07) is 7.90. The van der Waals surface area contributed by atoms with Crippen LogP contribution >= 0.6 is 0 Å². The van der Waals surface area contributed by atoms with Gasteiger partial charge in [0, 0.05) is 18.8 Å². The second-order valence-corrected chi connectivity index (χ2v) is 5.93. The van der Waals surface area contributed by atoms with Crippen molar-refractivity contribution in [3.63, 3.8) is 0 Å². The van der Waals surface area contributed by atoms with Gasteiger partial charge >= 0.3 is 0 Å². The lowest BCUT2D eigenvalue weighted by atomic mass is 10.3. The summed E-state index contributed by atoms with van der Waals surface area (Å²) in [6.45, 7) is 2.51. The minimum Gasteiger partial charge on any atom is -0.351 e. The zero-order valence-corrected chi connectivity index (χ0v) is 14.6. The molecule has 0 aliphatic heterocycles. The van der Waals surface area contributed by atoms with Gasteiger partial charge in [-0.05, 0) is 30.7 Å². The van der Waals surface area contributed by atoms with Crippen LogP contribution < -0.4 is 10.6 Å². The number of carbonyl (C=O) groups is 2. The van der Waals surface area contributed by atoms with Gasteiger partial charge in [-0.15, -0.1) is 0 Å². The Hall–Kier alpha value is -3.29. The van der Waals surface area contributed by atoms with Crippen molar-refractivity contribution in [3.8, 4) is 0 Å². The number of imidazole rings is 1. The Kier molecular flexibility index (Phi) is 5.44. The third kappa shape index (κ3) is 3.94. The minimum atomic E-state index is -0.901. The Balaban J connectivity index is 1.92. The Bertz CT molecular complexity index is 1000. The van der Waals surface area contributed by atoms with Gasteiger partial charge in [-0.2, -0.15) is 0 Å². The normalized spacial score (nSPS) is 10.8. The maximum atomic E-state index is 13.8.